The largest absolute Gasteiger partial charge is 0.697 e. The predicted octanol–water partition coefficient (Wildman–Crippen LogP) is 5.01. The third kappa shape index (κ3) is 4.83. The maximum absolute atomic E-state index is 11.5. The van der Waals surface area contributed by atoms with Crippen LogP contribution in [0.15, 0.2) is 5.11 Å². The molecule has 0 aromatic carbocycles. The van der Waals surface area contributed by atoms with E-state index in [4.69, 9.17) is 27.8 Å². The molecule has 0 amide bonds. The second-order valence-electron chi connectivity index (χ2n) is 9.15. The first-order valence-electron chi connectivity index (χ1n) is 10.5. The number of fused-ring (bicyclic) bond motifs is 1. The van der Waals surface area contributed by atoms with Gasteiger partial charge in [0.1, 0.15) is 6.10 Å². The average molecular weight is 481 g/mol. The molecule has 2 rings (SSSR count). The fraction of sp³-hybridized carbons (Fsp3) is 1.00. The smallest absolute Gasteiger partial charge is 0.414 e. The molecule has 2 fully saturated rings. The zero-order valence-electron chi connectivity index (χ0n) is 19.0. The van der Waals surface area contributed by atoms with E-state index in [1.165, 1.54) is 0 Å². The lowest BCUT2D eigenvalue weighted by molar-refractivity contribution is -0.203. The van der Waals surface area contributed by atoms with Gasteiger partial charge in [0.15, 0.2) is 0 Å². The van der Waals surface area contributed by atoms with E-state index in [1.807, 2.05) is 0 Å². The first-order chi connectivity index (χ1) is 13.9. The van der Waals surface area contributed by atoms with Gasteiger partial charge in [0.05, 0.1) is 18.8 Å². The Bertz CT molecular complexity index is 660. The summed E-state index contributed by atoms with van der Waals surface area (Å²) in [5.74, 6) is 0. The van der Waals surface area contributed by atoms with E-state index in [9.17, 15) is 9.46 Å². The van der Waals surface area contributed by atoms with Crippen molar-refractivity contribution in [3.05, 3.63) is 10.4 Å². The molecular weight excluding hydrogens is 445 g/mol. The average Bonchev–Trinajstić information content (AvgIpc) is 2.80. The number of nitrogens with zero attached hydrogens (tertiary/aromatic N) is 3. The molecule has 0 bridgehead atoms. The minimum absolute atomic E-state index is 0.00100. The lowest BCUT2D eigenvalue weighted by Crippen LogP contribution is -2.59. The summed E-state index contributed by atoms with van der Waals surface area (Å²) in [7, 11) is -8.75. The molecule has 2 heterocycles. The van der Waals surface area contributed by atoms with Crippen LogP contribution in [0.25, 0.3) is 10.4 Å². The van der Waals surface area contributed by atoms with Crippen molar-refractivity contribution in [1.29, 1.82) is 0 Å². The van der Waals surface area contributed by atoms with Gasteiger partial charge in [0, 0.05) is 9.48 Å². The minimum Gasteiger partial charge on any atom is -0.414 e. The highest BCUT2D eigenvalue weighted by Crippen LogP contribution is 2.49. The van der Waals surface area contributed by atoms with Crippen LogP contribution >= 0.6 is 8.25 Å². The van der Waals surface area contributed by atoms with Crippen LogP contribution < -0.4 is 0 Å². The molecule has 0 aromatic heterocycles. The van der Waals surface area contributed by atoms with Crippen LogP contribution in [0, 0.1) is 0 Å². The van der Waals surface area contributed by atoms with Crippen molar-refractivity contribution >= 4 is 25.4 Å². The third-order valence-electron chi connectivity index (χ3n) is 5.98. The Morgan fingerprint density at radius 2 is 1.47 bits per heavy atom. The molecule has 13 heteroatoms. The van der Waals surface area contributed by atoms with Gasteiger partial charge in [-0.15, -0.1) is 4.89 Å². The van der Waals surface area contributed by atoms with Crippen molar-refractivity contribution in [3.63, 3.8) is 0 Å². The van der Waals surface area contributed by atoms with Crippen molar-refractivity contribution in [2.75, 3.05) is 6.61 Å². The summed E-state index contributed by atoms with van der Waals surface area (Å²) in [6.07, 6.45) is -2.66. The van der Waals surface area contributed by atoms with Crippen LogP contribution in [0.1, 0.15) is 55.4 Å². The Hall–Kier alpha value is -0.396. The summed E-state index contributed by atoms with van der Waals surface area (Å²) in [4.78, 5) is 12.3. The van der Waals surface area contributed by atoms with Gasteiger partial charge in [0.2, 0.25) is 6.29 Å². The minimum atomic E-state index is -2.94. The topological polar surface area (TPSA) is 132 Å². The normalized spacial score (nSPS) is 31.4. The molecule has 10 nitrogen and oxygen atoms in total. The standard InChI is InChI=1S/C17H34N3O7PSi2/c1-10(2)29(11(3)4)25-15-14(19-20-18)9-23-17(24-28(21)22)16(15)26-30(27-29,12(5)6)13(7)8/h10-17H,9H2,1-8H3/p+1/t14-,15-,16+,17+/m0/s1. The number of hydrogen-bond acceptors (Lipinski definition) is 7. The van der Waals surface area contributed by atoms with E-state index in [1.54, 1.807) is 0 Å². The van der Waals surface area contributed by atoms with Crippen molar-refractivity contribution in [1.82, 2.24) is 0 Å². The second kappa shape index (κ2) is 10.0. The first-order valence-corrected chi connectivity index (χ1v) is 15.5. The van der Waals surface area contributed by atoms with E-state index >= 15 is 0 Å². The number of hydrogen-bond donors (Lipinski definition) is 1. The van der Waals surface area contributed by atoms with E-state index in [2.05, 4.69) is 65.4 Å². The molecule has 30 heavy (non-hydrogen) atoms. The van der Waals surface area contributed by atoms with Gasteiger partial charge in [-0.1, -0.05) is 65.0 Å². The summed E-state index contributed by atoms with van der Waals surface area (Å²) < 4.78 is 42.9. The Balaban J connectivity index is 2.70. The summed E-state index contributed by atoms with van der Waals surface area (Å²) in [5.41, 5.74) is 9.46. The predicted molar refractivity (Wildman–Crippen MR) is 116 cm³/mol. The second-order valence-corrected chi connectivity index (χ2v) is 18.6. The van der Waals surface area contributed by atoms with E-state index in [0.29, 0.717) is 0 Å². The summed E-state index contributed by atoms with van der Waals surface area (Å²) in [5, 5.41) is 3.89. The van der Waals surface area contributed by atoms with E-state index in [-0.39, 0.29) is 28.8 Å². The van der Waals surface area contributed by atoms with Gasteiger partial charge in [-0.2, -0.15) is 0 Å². The lowest BCUT2D eigenvalue weighted by Gasteiger charge is -2.45. The first kappa shape index (κ1) is 25.9. The van der Waals surface area contributed by atoms with Gasteiger partial charge < -0.3 is 17.7 Å². The number of ether oxygens (including phenoxy) is 1. The molecule has 0 aliphatic carbocycles. The monoisotopic (exact) mass is 480 g/mol. The van der Waals surface area contributed by atoms with Crippen LogP contribution in [0.4, 0.5) is 0 Å². The Morgan fingerprint density at radius 3 is 1.87 bits per heavy atom. The zero-order valence-corrected chi connectivity index (χ0v) is 21.9. The maximum atomic E-state index is 11.5. The molecule has 0 saturated carbocycles. The van der Waals surface area contributed by atoms with Crippen LogP contribution in [-0.4, -0.2) is 53.2 Å². The van der Waals surface area contributed by atoms with Crippen molar-refractivity contribution < 1.29 is 31.7 Å². The van der Waals surface area contributed by atoms with Crippen LogP contribution in [-0.2, 0) is 26.8 Å². The Labute approximate surface area is 181 Å². The highest BCUT2D eigenvalue weighted by Gasteiger charge is 2.64. The highest BCUT2D eigenvalue weighted by molar-refractivity contribution is 7.32. The lowest BCUT2D eigenvalue weighted by atomic mass is 10.0. The SMILES string of the molecule is CC(C)[Si]1(C(C)C)O[C@@H]2[C@@H](O[Si](C(C)C)(C(C)C)O1)[C@@H](O[P+](=O)O)OC[C@@H]2N=[N+]=[N-]. The van der Waals surface area contributed by atoms with Crippen LogP contribution in [0.5, 0.6) is 0 Å². The highest BCUT2D eigenvalue weighted by atomic mass is 31.1. The quantitative estimate of drug-likeness (QED) is 0.178. The van der Waals surface area contributed by atoms with Gasteiger partial charge in [-0.3, -0.25) is 0 Å². The van der Waals surface area contributed by atoms with Crippen molar-refractivity contribution in [3.8, 4) is 0 Å². The molecule has 2 aliphatic heterocycles. The van der Waals surface area contributed by atoms with E-state index < -0.39 is 49.9 Å². The molecule has 0 radical (unpaired) electrons. The molecule has 2 saturated heterocycles. The summed E-state index contributed by atoms with van der Waals surface area (Å²) in [6, 6.07) is -0.659. The van der Waals surface area contributed by atoms with Crippen molar-refractivity contribution in [2.45, 2.75) is 102 Å². The number of rotatable bonds is 7. The molecule has 5 atom stereocenters. The van der Waals surface area contributed by atoms with Crippen molar-refractivity contribution in [2.24, 2.45) is 5.11 Å². The van der Waals surface area contributed by atoms with Gasteiger partial charge in [-0.05, 0) is 27.7 Å². The Morgan fingerprint density at radius 1 is 1.00 bits per heavy atom. The summed E-state index contributed by atoms with van der Waals surface area (Å²) in [6.45, 7) is 16.7. The van der Waals surface area contributed by atoms with Gasteiger partial charge >= 0.3 is 25.4 Å². The molecule has 1 N–H and O–H groups in total. The molecule has 1 unspecified atom stereocenters. The fourth-order valence-corrected chi connectivity index (χ4v) is 16.1. The molecule has 2 aliphatic rings. The molecule has 172 valence electrons. The van der Waals surface area contributed by atoms with Gasteiger partial charge in [0.25, 0.3) is 0 Å². The number of azide groups is 1. The zero-order chi connectivity index (χ0) is 22.9. The molecular formula is C17H35N3O7PSi2+. The summed E-state index contributed by atoms with van der Waals surface area (Å²) >= 11 is 0. The molecule has 0 aromatic rings. The molecule has 0 spiro atoms. The third-order valence-corrected chi connectivity index (χ3v) is 16.6. The van der Waals surface area contributed by atoms with Gasteiger partial charge in [-0.25, -0.2) is 0 Å². The Kier molecular flexibility index (Phi) is 8.65. The van der Waals surface area contributed by atoms with Crippen LogP contribution in [0.3, 0.4) is 0 Å². The van der Waals surface area contributed by atoms with Crippen LogP contribution in [0.2, 0.25) is 22.2 Å². The van der Waals surface area contributed by atoms with E-state index in [0.717, 1.165) is 0 Å². The fourth-order valence-electron chi connectivity index (χ4n) is 4.44. The maximum Gasteiger partial charge on any atom is 0.697 e.